The van der Waals surface area contributed by atoms with Gasteiger partial charge in [0.1, 0.15) is 6.54 Å². The molecule has 1 aliphatic rings. The van der Waals surface area contributed by atoms with Crippen molar-refractivity contribution in [1.82, 2.24) is 10.2 Å². The Bertz CT molecular complexity index is 975. The fourth-order valence-electron chi connectivity index (χ4n) is 3.02. The average Bonchev–Trinajstić information content (AvgIpc) is 2.69. The van der Waals surface area contributed by atoms with Gasteiger partial charge in [0.05, 0.1) is 12.5 Å². The second-order valence-electron chi connectivity index (χ2n) is 6.62. The number of rotatable bonds is 6. The van der Waals surface area contributed by atoms with E-state index in [9.17, 15) is 19.2 Å². The van der Waals surface area contributed by atoms with Crippen molar-refractivity contribution < 1.29 is 23.9 Å². The fraction of sp³-hybridized carbons (Fsp3) is 0.238. The van der Waals surface area contributed by atoms with Crippen molar-refractivity contribution in [2.75, 3.05) is 13.2 Å². The first-order valence-corrected chi connectivity index (χ1v) is 9.36. The van der Waals surface area contributed by atoms with Crippen LogP contribution in [0.2, 0.25) is 5.02 Å². The summed E-state index contributed by atoms with van der Waals surface area (Å²) < 4.78 is 4.93. The van der Waals surface area contributed by atoms with Gasteiger partial charge in [0.15, 0.2) is 6.61 Å². The van der Waals surface area contributed by atoms with E-state index < -0.39 is 36.8 Å². The summed E-state index contributed by atoms with van der Waals surface area (Å²) in [4.78, 5) is 49.5. The van der Waals surface area contributed by atoms with Gasteiger partial charge in [0.2, 0.25) is 5.91 Å². The molecule has 0 radical (unpaired) electrons. The lowest BCUT2D eigenvalue weighted by Gasteiger charge is -2.25. The predicted molar refractivity (Wildman–Crippen MR) is 105 cm³/mol. The first-order valence-electron chi connectivity index (χ1n) is 8.98. The van der Waals surface area contributed by atoms with E-state index in [-0.39, 0.29) is 12.5 Å². The summed E-state index contributed by atoms with van der Waals surface area (Å²) in [6.45, 7) is 0.716. The highest BCUT2D eigenvalue weighted by atomic mass is 35.5. The van der Waals surface area contributed by atoms with Gasteiger partial charge >= 0.3 is 5.97 Å². The number of carbonyl (C=O) groups excluding carboxylic acids is 4. The lowest BCUT2D eigenvalue weighted by Crippen LogP contribution is -2.45. The van der Waals surface area contributed by atoms with Gasteiger partial charge in [-0.25, -0.2) is 0 Å². The quantitative estimate of drug-likeness (QED) is 0.578. The predicted octanol–water partition coefficient (Wildman–Crippen LogP) is 2.29. The molecule has 0 unspecified atom stereocenters. The Morgan fingerprint density at radius 2 is 1.93 bits per heavy atom. The molecule has 8 heteroatoms. The number of nitrogens with zero attached hydrogens (tertiary/aromatic N) is 1. The third kappa shape index (κ3) is 5.00. The molecule has 2 aromatic carbocycles. The second-order valence-corrected chi connectivity index (χ2v) is 7.06. The van der Waals surface area contributed by atoms with Crippen LogP contribution in [0.1, 0.15) is 34.5 Å². The van der Waals surface area contributed by atoms with Crippen LogP contribution in [0, 0.1) is 0 Å². The third-order valence-corrected chi connectivity index (χ3v) is 4.75. The van der Waals surface area contributed by atoms with E-state index in [1.165, 1.54) is 0 Å². The van der Waals surface area contributed by atoms with Crippen LogP contribution in [-0.2, 0) is 25.5 Å². The van der Waals surface area contributed by atoms with Crippen LogP contribution in [0.25, 0.3) is 0 Å². The van der Waals surface area contributed by atoms with E-state index in [0.717, 1.165) is 10.5 Å². The molecular weight excluding hydrogens is 396 g/mol. The maximum absolute atomic E-state index is 12.4. The molecule has 1 aliphatic heterocycles. The number of carbonyl (C=O) groups is 4. The number of benzene rings is 2. The molecule has 0 fully saturated rings. The summed E-state index contributed by atoms with van der Waals surface area (Å²) in [6.07, 6.45) is 0.0346. The number of esters is 1. The van der Waals surface area contributed by atoms with Crippen molar-refractivity contribution >= 4 is 35.3 Å². The van der Waals surface area contributed by atoms with Gasteiger partial charge < -0.3 is 10.1 Å². The minimum absolute atomic E-state index is 0.0346. The monoisotopic (exact) mass is 414 g/mol. The van der Waals surface area contributed by atoms with Gasteiger partial charge in [-0.1, -0.05) is 41.9 Å². The number of ether oxygens (including phenoxy) is 1. The van der Waals surface area contributed by atoms with Crippen molar-refractivity contribution in [1.29, 1.82) is 0 Å². The zero-order valence-electron chi connectivity index (χ0n) is 15.7. The summed E-state index contributed by atoms with van der Waals surface area (Å²) in [5, 5.41) is 3.24. The van der Waals surface area contributed by atoms with E-state index in [4.69, 9.17) is 16.3 Å². The summed E-state index contributed by atoms with van der Waals surface area (Å²) >= 11 is 5.93. The number of halogens is 1. The smallest absolute Gasteiger partial charge is 0.326 e. The second kappa shape index (κ2) is 8.87. The number of imide groups is 1. The van der Waals surface area contributed by atoms with Gasteiger partial charge in [0, 0.05) is 10.6 Å². The van der Waals surface area contributed by atoms with Gasteiger partial charge in [-0.05, 0) is 36.2 Å². The standard InChI is InChI=1S/C21H19ClN2O5/c1-13(14-6-4-7-16(22)9-14)23-18(25)12-29-20(27)11-24-19(26)10-15-5-2-3-8-17(15)21(24)28/h2-9,13H,10-12H2,1H3,(H,23,25)/t13-/m1/s1. The number of nitrogens with one attached hydrogen (secondary N) is 1. The topological polar surface area (TPSA) is 92.8 Å². The first-order chi connectivity index (χ1) is 13.8. The van der Waals surface area contributed by atoms with Gasteiger partial charge in [-0.3, -0.25) is 24.1 Å². The minimum Gasteiger partial charge on any atom is -0.454 e. The van der Waals surface area contributed by atoms with Gasteiger partial charge in [0.25, 0.3) is 11.8 Å². The molecule has 29 heavy (non-hydrogen) atoms. The van der Waals surface area contributed by atoms with Gasteiger partial charge in [-0.2, -0.15) is 0 Å². The molecule has 1 atom stereocenters. The van der Waals surface area contributed by atoms with Crippen molar-refractivity contribution in [2.24, 2.45) is 0 Å². The lowest BCUT2D eigenvalue weighted by atomic mass is 9.98. The van der Waals surface area contributed by atoms with Crippen LogP contribution < -0.4 is 5.32 Å². The molecule has 0 saturated carbocycles. The van der Waals surface area contributed by atoms with Crippen LogP contribution in [-0.4, -0.2) is 41.7 Å². The van der Waals surface area contributed by atoms with Crippen LogP contribution in [0.3, 0.4) is 0 Å². The van der Waals surface area contributed by atoms with E-state index in [1.54, 1.807) is 49.4 Å². The number of amides is 3. The largest absolute Gasteiger partial charge is 0.454 e. The molecule has 3 rings (SSSR count). The summed E-state index contributed by atoms with van der Waals surface area (Å²) in [5.74, 6) is -2.37. The third-order valence-electron chi connectivity index (χ3n) is 4.51. The Hall–Kier alpha value is -3.19. The molecule has 0 bridgehead atoms. The Morgan fingerprint density at radius 1 is 1.17 bits per heavy atom. The molecule has 0 saturated heterocycles. The number of fused-ring (bicyclic) bond motifs is 1. The SMILES string of the molecule is C[C@@H](NC(=O)COC(=O)CN1C(=O)Cc2ccccc2C1=O)c1cccc(Cl)c1. The lowest BCUT2D eigenvalue weighted by molar-refractivity contribution is -0.151. The fourth-order valence-corrected chi connectivity index (χ4v) is 3.22. The maximum atomic E-state index is 12.4. The maximum Gasteiger partial charge on any atom is 0.326 e. The Kier molecular flexibility index (Phi) is 6.29. The normalized spacial score (nSPS) is 14.2. The average molecular weight is 415 g/mol. The van der Waals surface area contributed by atoms with E-state index in [1.807, 2.05) is 6.07 Å². The molecule has 3 amide bonds. The summed E-state index contributed by atoms with van der Waals surface area (Å²) in [7, 11) is 0. The molecule has 7 nitrogen and oxygen atoms in total. The number of hydrogen-bond acceptors (Lipinski definition) is 5. The van der Waals surface area contributed by atoms with Crippen LogP contribution in [0.15, 0.2) is 48.5 Å². The van der Waals surface area contributed by atoms with E-state index in [2.05, 4.69) is 5.32 Å². The Balaban J connectivity index is 1.51. The van der Waals surface area contributed by atoms with Crippen molar-refractivity contribution in [3.8, 4) is 0 Å². The zero-order chi connectivity index (χ0) is 21.0. The summed E-state index contributed by atoms with van der Waals surface area (Å²) in [6, 6.07) is 13.4. The highest BCUT2D eigenvalue weighted by molar-refractivity contribution is 6.30. The molecule has 0 aliphatic carbocycles. The number of hydrogen-bond donors (Lipinski definition) is 1. The Labute approximate surface area is 172 Å². The van der Waals surface area contributed by atoms with Crippen molar-refractivity contribution in [3.63, 3.8) is 0 Å². The van der Waals surface area contributed by atoms with Crippen LogP contribution in [0.5, 0.6) is 0 Å². The highest BCUT2D eigenvalue weighted by Gasteiger charge is 2.32. The zero-order valence-corrected chi connectivity index (χ0v) is 16.4. The summed E-state index contributed by atoms with van der Waals surface area (Å²) in [5.41, 5.74) is 1.81. The molecule has 150 valence electrons. The Morgan fingerprint density at radius 3 is 2.69 bits per heavy atom. The first kappa shape index (κ1) is 20.5. The highest BCUT2D eigenvalue weighted by Crippen LogP contribution is 2.19. The molecule has 2 aromatic rings. The van der Waals surface area contributed by atoms with Crippen molar-refractivity contribution in [3.05, 3.63) is 70.2 Å². The minimum atomic E-state index is -0.836. The van der Waals surface area contributed by atoms with Crippen LogP contribution in [0.4, 0.5) is 0 Å². The van der Waals surface area contributed by atoms with E-state index in [0.29, 0.717) is 16.1 Å². The van der Waals surface area contributed by atoms with Gasteiger partial charge in [-0.15, -0.1) is 0 Å². The molecular formula is C21H19ClN2O5. The molecule has 1 N–H and O–H groups in total. The molecule has 0 aromatic heterocycles. The van der Waals surface area contributed by atoms with E-state index >= 15 is 0 Å². The molecule has 1 heterocycles. The molecule has 0 spiro atoms. The van der Waals surface area contributed by atoms with Crippen molar-refractivity contribution in [2.45, 2.75) is 19.4 Å². The van der Waals surface area contributed by atoms with Crippen LogP contribution >= 0.6 is 11.6 Å².